The van der Waals surface area contributed by atoms with Crippen molar-refractivity contribution in [3.05, 3.63) is 54.4 Å². The van der Waals surface area contributed by atoms with E-state index in [0.717, 1.165) is 36.2 Å². The minimum Gasteiger partial charge on any atom is -0.493 e. The van der Waals surface area contributed by atoms with E-state index in [-0.39, 0.29) is 18.4 Å². The Kier molecular flexibility index (Phi) is 6.21. The number of rotatable bonds is 4. The number of halogens is 1. The molecular weight excluding hydrogens is 376 g/mol. The van der Waals surface area contributed by atoms with Crippen LogP contribution in [0.15, 0.2) is 48.8 Å². The molecule has 0 amide bonds. The molecule has 4 rings (SSSR count). The maximum absolute atomic E-state index is 6.41. The fraction of sp³-hybridized carbons (Fsp3) is 0.333. The number of nitrogens with two attached hydrogens (primary N) is 1. The number of ether oxygens (including phenoxy) is 2. The Balaban J connectivity index is 0.00000225. The van der Waals surface area contributed by atoms with Crippen molar-refractivity contribution in [3.8, 4) is 11.5 Å². The number of benzene rings is 2. The van der Waals surface area contributed by atoms with Crippen molar-refractivity contribution in [1.29, 1.82) is 0 Å². The molecule has 2 N–H and O–H groups in total. The van der Waals surface area contributed by atoms with Gasteiger partial charge in [0.05, 0.1) is 19.7 Å². The molecule has 28 heavy (non-hydrogen) atoms. The second kappa shape index (κ2) is 8.63. The molecule has 1 saturated heterocycles. The molecule has 148 valence electrons. The number of aromatic nitrogens is 2. The summed E-state index contributed by atoms with van der Waals surface area (Å²) >= 11 is 0. The van der Waals surface area contributed by atoms with Crippen molar-refractivity contribution in [2.45, 2.75) is 18.4 Å². The maximum atomic E-state index is 6.41. The van der Waals surface area contributed by atoms with E-state index in [4.69, 9.17) is 15.2 Å². The third-order valence-electron chi connectivity index (χ3n) is 5.17. The zero-order valence-corrected chi connectivity index (χ0v) is 16.9. The maximum Gasteiger partial charge on any atom is 0.162 e. The predicted octanol–water partition coefficient (Wildman–Crippen LogP) is 3.39. The predicted molar refractivity (Wildman–Crippen MR) is 114 cm³/mol. The lowest BCUT2D eigenvalue weighted by Gasteiger charge is -2.37. The Labute approximate surface area is 171 Å². The van der Waals surface area contributed by atoms with Gasteiger partial charge in [-0.25, -0.2) is 9.97 Å². The molecule has 1 aromatic heterocycles. The van der Waals surface area contributed by atoms with Gasteiger partial charge in [0, 0.05) is 36.5 Å². The molecule has 0 radical (unpaired) electrons. The average molecular weight is 401 g/mol. The molecule has 0 aliphatic carbocycles. The van der Waals surface area contributed by atoms with Crippen LogP contribution in [0, 0.1) is 0 Å². The van der Waals surface area contributed by atoms with E-state index >= 15 is 0 Å². The average Bonchev–Trinajstić information content (AvgIpc) is 2.72. The van der Waals surface area contributed by atoms with E-state index < -0.39 is 0 Å². The molecule has 0 spiro atoms. The molecule has 1 aliphatic rings. The number of anilines is 1. The van der Waals surface area contributed by atoms with Crippen LogP contribution >= 0.6 is 12.4 Å². The van der Waals surface area contributed by atoms with Gasteiger partial charge in [-0.05, 0) is 18.1 Å². The van der Waals surface area contributed by atoms with Gasteiger partial charge in [0.1, 0.15) is 12.1 Å². The third kappa shape index (κ3) is 3.84. The van der Waals surface area contributed by atoms with Gasteiger partial charge in [-0.3, -0.25) is 0 Å². The summed E-state index contributed by atoms with van der Waals surface area (Å²) in [6.07, 6.45) is 2.57. The smallest absolute Gasteiger partial charge is 0.162 e. The second-order valence-corrected chi connectivity index (χ2v) is 6.93. The summed E-state index contributed by atoms with van der Waals surface area (Å²) < 4.78 is 10.9. The molecule has 2 atom stereocenters. The minimum atomic E-state index is 0. The van der Waals surface area contributed by atoms with E-state index in [1.807, 2.05) is 18.2 Å². The van der Waals surface area contributed by atoms with Gasteiger partial charge in [0.2, 0.25) is 0 Å². The number of fused-ring (bicyclic) bond motifs is 1. The van der Waals surface area contributed by atoms with Gasteiger partial charge in [-0.2, -0.15) is 0 Å². The quantitative estimate of drug-likeness (QED) is 0.723. The van der Waals surface area contributed by atoms with Crippen LogP contribution in [0.25, 0.3) is 10.9 Å². The van der Waals surface area contributed by atoms with Crippen LogP contribution in [-0.2, 0) is 0 Å². The van der Waals surface area contributed by atoms with E-state index in [1.165, 1.54) is 5.56 Å². The monoisotopic (exact) mass is 400 g/mol. The summed E-state index contributed by atoms with van der Waals surface area (Å²) in [5.41, 5.74) is 8.55. The third-order valence-corrected chi connectivity index (χ3v) is 5.17. The van der Waals surface area contributed by atoms with Crippen LogP contribution in [0.3, 0.4) is 0 Å². The van der Waals surface area contributed by atoms with Crippen molar-refractivity contribution >= 4 is 29.1 Å². The highest BCUT2D eigenvalue weighted by Gasteiger charge is 2.28. The Morgan fingerprint density at radius 2 is 1.71 bits per heavy atom. The van der Waals surface area contributed by atoms with Gasteiger partial charge < -0.3 is 20.1 Å². The van der Waals surface area contributed by atoms with Crippen LogP contribution in [0.4, 0.5) is 5.82 Å². The standard InChI is InChI=1S/C21H24N4O2.ClH/c1-26-19-9-17-18(10-20(19)27-2)23-13-24-21(17)25-11-15(8-16(22)12-25)14-6-4-3-5-7-14;/h3-7,9-10,13,15-16H,8,11-12,22H2,1-2H3;1H. The van der Waals surface area contributed by atoms with E-state index in [9.17, 15) is 0 Å². The first-order valence-corrected chi connectivity index (χ1v) is 9.11. The van der Waals surface area contributed by atoms with E-state index in [2.05, 4.69) is 39.1 Å². The first-order valence-electron chi connectivity index (χ1n) is 9.11. The van der Waals surface area contributed by atoms with Crippen molar-refractivity contribution < 1.29 is 9.47 Å². The highest BCUT2D eigenvalue weighted by atomic mass is 35.5. The molecule has 3 aromatic rings. The van der Waals surface area contributed by atoms with Gasteiger partial charge >= 0.3 is 0 Å². The number of methoxy groups -OCH3 is 2. The Bertz CT molecular complexity index is 938. The number of piperidine rings is 1. The summed E-state index contributed by atoms with van der Waals surface area (Å²) in [6, 6.07) is 14.5. The highest BCUT2D eigenvalue weighted by molar-refractivity contribution is 5.92. The zero-order chi connectivity index (χ0) is 18.8. The van der Waals surface area contributed by atoms with Gasteiger partial charge in [-0.15, -0.1) is 12.4 Å². The van der Waals surface area contributed by atoms with Gasteiger partial charge in [0.15, 0.2) is 11.5 Å². The number of nitrogens with zero attached hydrogens (tertiary/aromatic N) is 3. The lowest BCUT2D eigenvalue weighted by atomic mass is 9.88. The van der Waals surface area contributed by atoms with Crippen molar-refractivity contribution in [1.82, 2.24) is 9.97 Å². The topological polar surface area (TPSA) is 73.5 Å². The molecule has 7 heteroatoms. The molecule has 2 heterocycles. The number of hydrogen-bond donors (Lipinski definition) is 1. The van der Waals surface area contributed by atoms with E-state index in [0.29, 0.717) is 17.4 Å². The largest absolute Gasteiger partial charge is 0.493 e. The first kappa shape index (κ1) is 20.2. The molecule has 0 bridgehead atoms. The lowest BCUT2D eigenvalue weighted by Crippen LogP contribution is -2.46. The molecule has 1 aliphatic heterocycles. The molecule has 2 aromatic carbocycles. The van der Waals surface area contributed by atoms with Crippen LogP contribution in [0.1, 0.15) is 17.9 Å². The first-order chi connectivity index (χ1) is 13.2. The van der Waals surface area contributed by atoms with Crippen molar-refractivity contribution in [2.24, 2.45) is 5.73 Å². The summed E-state index contributed by atoms with van der Waals surface area (Å²) in [7, 11) is 3.26. The fourth-order valence-electron chi connectivity index (χ4n) is 3.90. The Morgan fingerprint density at radius 1 is 1.00 bits per heavy atom. The van der Waals surface area contributed by atoms with Crippen LogP contribution < -0.4 is 20.1 Å². The number of hydrogen-bond acceptors (Lipinski definition) is 6. The molecule has 6 nitrogen and oxygen atoms in total. The molecular formula is C21H25ClN4O2. The van der Waals surface area contributed by atoms with Crippen LogP contribution in [0.5, 0.6) is 11.5 Å². The Morgan fingerprint density at radius 3 is 2.43 bits per heavy atom. The second-order valence-electron chi connectivity index (χ2n) is 6.93. The molecule has 1 fully saturated rings. The van der Waals surface area contributed by atoms with Crippen LogP contribution in [-0.4, -0.2) is 43.3 Å². The Hall–Kier alpha value is -2.57. The van der Waals surface area contributed by atoms with Crippen LogP contribution in [0.2, 0.25) is 0 Å². The molecule has 0 saturated carbocycles. The normalized spacial score (nSPS) is 19.2. The zero-order valence-electron chi connectivity index (χ0n) is 16.0. The lowest BCUT2D eigenvalue weighted by molar-refractivity contribution is 0.355. The summed E-state index contributed by atoms with van der Waals surface area (Å²) in [6.45, 7) is 1.64. The molecule has 2 unspecified atom stereocenters. The van der Waals surface area contributed by atoms with E-state index in [1.54, 1.807) is 20.5 Å². The van der Waals surface area contributed by atoms with Crippen molar-refractivity contribution in [2.75, 3.05) is 32.2 Å². The van der Waals surface area contributed by atoms with Gasteiger partial charge in [-0.1, -0.05) is 30.3 Å². The minimum absolute atomic E-state index is 0. The summed E-state index contributed by atoms with van der Waals surface area (Å²) in [5, 5.41) is 0.941. The summed E-state index contributed by atoms with van der Waals surface area (Å²) in [4.78, 5) is 11.3. The van der Waals surface area contributed by atoms with Crippen molar-refractivity contribution in [3.63, 3.8) is 0 Å². The SMILES string of the molecule is COc1cc2ncnc(N3CC(N)CC(c4ccccc4)C3)c2cc1OC.Cl. The fourth-order valence-corrected chi connectivity index (χ4v) is 3.90. The summed E-state index contributed by atoms with van der Waals surface area (Å²) in [5.74, 6) is 2.59. The van der Waals surface area contributed by atoms with Gasteiger partial charge in [0.25, 0.3) is 0 Å². The highest BCUT2D eigenvalue weighted by Crippen LogP contribution is 2.36.